The van der Waals surface area contributed by atoms with Gasteiger partial charge in [0, 0.05) is 54.8 Å². The van der Waals surface area contributed by atoms with Crippen molar-refractivity contribution in [3.8, 4) is 0 Å². The fraction of sp³-hybridized carbons (Fsp3) is 0.632. The van der Waals surface area contributed by atoms with E-state index in [-0.39, 0.29) is 41.8 Å². The monoisotopic (exact) mass is 492 g/mol. The van der Waals surface area contributed by atoms with Gasteiger partial charge in [-0.25, -0.2) is 4.39 Å². The smallest absolute Gasteiger partial charge is 0.191 e. The van der Waals surface area contributed by atoms with E-state index in [4.69, 9.17) is 11.6 Å². The molecule has 7 heteroatoms. The summed E-state index contributed by atoms with van der Waals surface area (Å²) in [4.78, 5) is 6.97. The van der Waals surface area contributed by atoms with Crippen LogP contribution in [-0.4, -0.2) is 49.1 Å². The summed E-state index contributed by atoms with van der Waals surface area (Å²) in [5, 5.41) is 7.50. The molecule has 1 aromatic carbocycles. The Morgan fingerprint density at radius 3 is 2.54 bits per heavy atom. The highest BCUT2D eigenvalue weighted by Crippen LogP contribution is 2.44. The molecule has 0 amide bonds. The van der Waals surface area contributed by atoms with E-state index in [1.807, 2.05) is 0 Å². The summed E-state index contributed by atoms with van der Waals surface area (Å²) < 4.78 is 14.1. The van der Waals surface area contributed by atoms with E-state index in [9.17, 15) is 4.39 Å². The molecular formula is C19H27ClFIN4. The van der Waals surface area contributed by atoms with Gasteiger partial charge in [-0.2, -0.15) is 0 Å². The SMILES string of the molecule is CN=C(NC1CCN(C2CC2)CC1)NC1CC1c1c(F)cccc1Cl.I. The lowest BCUT2D eigenvalue weighted by atomic mass is 10.1. The number of nitrogens with one attached hydrogen (secondary N) is 2. The van der Waals surface area contributed by atoms with Crippen LogP contribution in [0.4, 0.5) is 4.39 Å². The van der Waals surface area contributed by atoms with E-state index in [0.29, 0.717) is 16.6 Å². The first-order valence-electron chi connectivity index (χ1n) is 9.33. The average molecular weight is 493 g/mol. The lowest BCUT2D eigenvalue weighted by molar-refractivity contribution is 0.197. The van der Waals surface area contributed by atoms with Crippen LogP contribution in [0.1, 0.15) is 43.6 Å². The molecule has 1 saturated heterocycles. The molecule has 4 rings (SSSR count). The summed E-state index contributed by atoms with van der Waals surface area (Å²) in [6, 6.07) is 6.42. The van der Waals surface area contributed by atoms with Crippen LogP contribution in [0, 0.1) is 5.82 Å². The Morgan fingerprint density at radius 1 is 1.19 bits per heavy atom. The summed E-state index contributed by atoms with van der Waals surface area (Å²) in [5.74, 6) is 0.742. The van der Waals surface area contributed by atoms with Gasteiger partial charge in [-0.05, 0) is 44.2 Å². The summed E-state index contributed by atoms with van der Waals surface area (Å²) in [6.07, 6.45) is 5.96. The van der Waals surface area contributed by atoms with Crippen LogP contribution in [0.2, 0.25) is 5.02 Å². The van der Waals surface area contributed by atoms with E-state index in [1.54, 1.807) is 19.2 Å². The highest BCUT2D eigenvalue weighted by atomic mass is 127. The molecule has 4 nitrogen and oxygen atoms in total. The number of halogens is 3. The fourth-order valence-electron chi connectivity index (χ4n) is 3.93. The number of benzene rings is 1. The molecule has 1 heterocycles. The lowest BCUT2D eigenvalue weighted by Crippen LogP contribution is -2.49. The second kappa shape index (κ2) is 8.61. The van der Waals surface area contributed by atoms with Crippen LogP contribution < -0.4 is 10.6 Å². The molecule has 0 spiro atoms. The van der Waals surface area contributed by atoms with Crippen molar-refractivity contribution in [3.05, 3.63) is 34.6 Å². The molecule has 1 aromatic rings. The van der Waals surface area contributed by atoms with E-state index >= 15 is 0 Å². The Balaban J connectivity index is 0.00000196. The van der Waals surface area contributed by atoms with E-state index in [0.717, 1.165) is 31.3 Å². The summed E-state index contributed by atoms with van der Waals surface area (Å²) >= 11 is 6.18. The van der Waals surface area contributed by atoms with Crippen LogP contribution in [0.5, 0.6) is 0 Å². The minimum Gasteiger partial charge on any atom is -0.354 e. The van der Waals surface area contributed by atoms with Gasteiger partial charge in [0.05, 0.1) is 0 Å². The van der Waals surface area contributed by atoms with Crippen molar-refractivity contribution in [1.29, 1.82) is 0 Å². The number of hydrogen-bond acceptors (Lipinski definition) is 2. The van der Waals surface area contributed by atoms with Crippen molar-refractivity contribution in [2.75, 3.05) is 20.1 Å². The molecular weight excluding hydrogens is 466 g/mol. The first-order chi connectivity index (χ1) is 12.2. The molecule has 2 aliphatic carbocycles. The fourth-order valence-corrected chi connectivity index (χ4v) is 4.23. The largest absolute Gasteiger partial charge is 0.354 e. The van der Waals surface area contributed by atoms with Crippen molar-refractivity contribution in [2.24, 2.45) is 4.99 Å². The maximum Gasteiger partial charge on any atom is 0.191 e. The van der Waals surface area contributed by atoms with Gasteiger partial charge in [0.25, 0.3) is 0 Å². The number of hydrogen-bond donors (Lipinski definition) is 2. The van der Waals surface area contributed by atoms with Gasteiger partial charge in [0.2, 0.25) is 0 Å². The number of likely N-dealkylation sites (tertiary alicyclic amines) is 1. The summed E-state index contributed by atoms with van der Waals surface area (Å²) in [5.41, 5.74) is 0.634. The number of piperidine rings is 1. The van der Waals surface area contributed by atoms with E-state index in [2.05, 4.69) is 20.5 Å². The van der Waals surface area contributed by atoms with Crippen molar-refractivity contribution in [2.45, 2.75) is 56.1 Å². The number of aliphatic imine (C=N–C) groups is 1. The van der Waals surface area contributed by atoms with Gasteiger partial charge in [-0.1, -0.05) is 17.7 Å². The molecule has 0 bridgehead atoms. The summed E-state index contributed by atoms with van der Waals surface area (Å²) in [6.45, 7) is 2.35. The zero-order valence-electron chi connectivity index (χ0n) is 15.0. The number of rotatable bonds is 4. The van der Waals surface area contributed by atoms with Gasteiger partial charge in [0.15, 0.2) is 5.96 Å². The molecule has 2 N–H and O–H groups in total. The van der Waals surface area contributed by atoms with Crippen LogP contribution >= 0.6 is 35.6 Å². The maximum atomic E-state index is 14.1. The third-order valence-electron chi connectivity index (χ3n) is 5.64. The predicted molar refractivity (Wildman–Crippen MR) is 115 cm³/mol. The standard InChI is InChI=1S/C19H26ClFN4.HI/c1-22-19(23-12-7-9-25(10-8-12)13-5-6-13)24-17-11-14(17)18-15(20)3-2-4-16(18)21;/h2-4,12-14,17H,5-11H2,1H3,(H2,22,23,24);1H. The van der Waals surface area contributed by atoms with E-state index < -0.39 is 0 Å². The van der Waals surface area contributed by atoms with Crippen LogP contribution in [-0.2, 0) is 0 Å². The molecule has 2 atom stereocenters. The third kappa shape index (κ3) is 4.62. The van der Waals surface area contributed by atoms with Crippen molar-refractivity contribution in [1.82, 2.24) is 15.5 Å². The average Bonchev–Trinajstić information content (AvgIpc) is 3.51. The quantitative estimate of drug-likeness (QED) is 0.382. The zero-order valence-corrected chi connectivity index (χ0v) is 18.1. The molecule has 0 radical (unpaired) electrons. The molecule has 0 aromatic heterocycles. The summed E-state index contributed by atoms with van der Waals surface area (Å²) in [7, 11) is 1.79. The van der Waals surface area contributed by atoms with Gasteiger partial charge >= 0.3 is 0 Å². The Hall–Kier alpha value is -0.600. The Kier molecular flexibility index (Phi) is 6.67. The van der Waals surface area contributed by atoms with Crippen LogP contribution in [0.15, 0.2) is 23.2 Å². The third-order valence-corrected chi connectivity index (χ3v) is 5.97. The molecule has 2 saturated carbocycles. The number of nitrogens with zero attached hydrogens (tertiary/aromatic N) is 2. The predicted octanol–water partition coefficient (Wildman–Crippen LogP) is 3.74. The van der Waals surface area contributed by atoms with Crippen molar-refractivity contribution < 1.29 is 4.39 Å². The van der Waals surface area contributed by atoms with Gasteiger partial charge in [-0.3, -0.25) is 4.99 Å². The Morgan fingerprint density at radius 2 is 1.92 bits per heavy atom. The molecule has 3 aliphatic rings. The van der Waals surface area contributed by atoms with E-state index in [1.165, 1.54) is 32.0 Å². The minimum absolute atomic E-state index is 0. The first kappa shape index (κ1) is 20.1. The van der Waals surface area contributed by atoms with Crippen molar-refractivity contribution in [3.63, 3.8) is 0 Å². The number of guanidine groups is 1. The second-order valence-electron chi connectivity index (χ2n) is 7.49. The Labute approximate surface area is 177 Å². The van der Waals surface area contributed by atoms with Crippen LogP contribution in [0.3, 0.4) is 0 Å². The van der Waals surface area contributed by atoms with Gasteiger partial charge in [0.1, 0.15) is 5.82 Å². The molecule has 26 heavy (non-hydrogen) atoms. The second-order valence-corrected chi connectivity index (χ2v) is 7.89. The normalized spacial score (nSPS) is 27.0. The van der Waals surface area contributed by atoms with Crippen LogP contribution in [0.25, 0.3) is 0 Å². The van der Waals surface area contributed by atoms with Gasteiger partial charge in [-0.15, -0.1) is 24.0 Å². The first-order valence-corrected chi connectivity index (χ1v) is 9.71. The molecule has 2 unspecified atom stereocenters. The lowest BCUT2D eigenvalue weighted by Gasteiger charge is -2.33. The highest BCUT2D eigenvalue weighted by Gasteiger charge is 2.42. The highest BCUT2D eigenvalue weighted by molar-refractivity contribution is 14.0. The van der Waals surface area contributed by atoms with Gasteiger partial charge < -0.3 is 15.5 Å². The van der Waals surface area contributed by atoms with Crippen molar-refractivity contribution >= 4 is 41.5 Å². The topological polar surface area (TPSA) is 39.7 Å². The zero-order chi connectivity index (χ0) is 17.4. The molecule has 3 fully saturated rings. The minimum atomic E-state index is -0.211. The molecule has 1 aliphatic heterocycles. The maximum absolute atomic E-state index is 14.1. The molecule has 144 valence electrons. The Bertz CT molecular complexity index is 639.